The zero-order valence-corrected chi connectivity index (χ0v) is 9.19. The molecule has 4 heteroatoms. The van der Waals surface area contributed by atoms with Gasteiger partial charge in [-0.05, 0) is 37.8 Å². The molecule has 3 N–H and O–H groups in total. The standard InChI is InChI=1S/C12H17FN2O/c13-10-2-1-7-15-11(10)12(8-14)5-3-9(16)4-6-12/h1-2,7,9,16H,3-6,8,14H2. The van der Waals surface area contributed by atoms with E-state index in [9.17, 15) is 9.50 Å². The summed E-state index contributed by atoms with van der Waals surface area (Å²) in [5.41, 5.74) is 5.87. The van der Waals surface area contributed by atoms with Crippen molar-refractivity contribution in [2.24, 2.45) is 5.73 Å². The van der Waals surface area contributed by atoms with Gasteiger partial charge < -0.3 is 10.8 Å². The maximum absolute atomic E-state index is 13.7. The van der Waals surface area contributed by atoms with E-state index in [0.717, 1.165) is 0 Å². The summed E-state index contributed by atoms with van der Waals surface area (Å²) in [6.45, 7) is 0.383. The molecule has 3 nitrogen and oxygen atoms in total. The normalized spacial score (nSPS) is 30.3. The average molecular weight is 224 g/mol. The van der Waals surface area contributed by atoms with Crippen LogP contribution in [0.4, 0.5) is 4.39 Å². The lowest BCUT2D eigenvalue weighted by Crippen LogP contribution is -2.41. The number of aromatic nitrogens is 1. The first-order chi connectivity index (χ1) is 7.68. The van der Waals surface area contributed by atoms with Crippen LogP contribution in [0, 0.1) is 5.82 Å². The molecule has 1 aliphatic rings. The van der Waals surface area contributed by atoms with Gasteiger partial charge in [-0.25, -0.2) is 4.39 Å². The van der Waals surface area contributed by atoms with E-state index in [1.165, 1.54) is 6.07 Å². The maximum Gasteiger partial charge on any atom is 0.145 e. The highest BCUT2D eigenvalue weighted by Crippen LogP contribution is 2.38. The average Bonchev–Trinajstić information content (AvgIpc) is 2.32. The van der Waals surface area contributed by atoms with Gasteiger partial charge in [0.25, 0.3) is 0 Å². The van der Waals surface area contributed by atoms with E-state index in [1.807, 2.05) is 0 Å². The molecule has 0 aliphatic heterocycles. The molecule has 2 rings (SSSR count). The summed E-state index contributed by atoms with van der Waals surface area (Å²) < 4.78 is 13.7. The number of halogens is 1. The maximum atomic E-state index is 13.7. The Morgan fingerprint density at radius 3 is 2.75 bits per heavy atom. The molecule has 1 saturated carbocycles. The van der Waals surface area contributed by atoms with Gasteiger partial charge >= 0.3 is 0 Å². The SMILES string of the molecule is NCC1(c2ncccc2F)CCC(O)CC1. The summed E-state index contributed by atoms with van der Waals surface area (Å²) in [6.07, 6.45) is 4.09. The molecule has 1 aliphatic carbocycles. The first kappa shape index (κ1) is 11.5. The molecule has 0 spiro atoms. The van der Waals surface area contributed by atoms with Crippen molar-refractivity contribution in [3.63, 3.8) is 0 Å². The number of nitrogens with two attached hydrogens (primary N) is 1. The molecule has 0 aromatic carbocycles. The minimum atomic E-state index is -0.384. The lowest BCUT2D eigenvalue weighted by atomic mass is 9.70. The van der Waals surface area contributed by atoms with Gasteiger partial charge in [-0.2, -0.15) is 0 Å². The van der Waals surface area contributed by atoms with Crippen LogP contribution >= 0.6 is 0 Å². The second-order valence-corrected chi connectivity index (χ2v) is 4.55. The molecule has 1 fully saturated rings. The van der Waals surface area contributed by atoms with Crippen LogP contribution in [-0.2, 0) is 5.41 Å². The summed E-state index contributed by atoms with van der Waals surface area (Å²) in [4.78, 5) is 4.13. The van der Waals surface area contributed by atoms with Crippen LogP contribution in [0.15, 0.2) is 18.3 Å². The highest BCUT2D eigenvalue weighted by molar-refractivity contribution is 5.21. The molecule has 16 heavy (non-hydrogen) atoms. The summed E-state index contributed by atoms with van der Waals surface area (Å²) in [5.74, 6) is -0.288. The Bertz CT molecular complexity index is 362. The Morgan fingerprint density at radius 2 is 2.19 bits per heavy atom. The molecule has 0 saturated heterocycles. The van der Waals surface area contributed by atoms with Gasteiger partial charge in [-0.1, -0.05) is 0 Å². The molecule has 88 valence electrons. The highest BCUT2D eigenvalue weighted by atomic mass is 19.1. The van der Waals surface area contributed by atoms with Crippen molar-refractivity contribution >= 4 is 0 Å². The lowest BCUT2D eigenvalue weighted by molar-refractivity contribution is 0.0948. The van der Waals surface area contributed by atoms with Crippen molar-refractivity contribution < 1.29 is 9.50 Å². The summed E-state index contributed by atoms with van der Waals surface area (Å²) >= 11 is 0. The van der Waals surface area contributed by atoms with Crippen molar-refractivity contribution in [3.8, 4) is 0 Å². The van der Waals surface area contributed by atoms with Crippen LogP contribution in [-0.4, -0.2) is 22.7 Å². The van der Waals surface area contributed by atoms with Crippen LogP contribution in [0.1, 0.15) is 31.4 Å². The Labute approximate surface area is 94.5 Å². The number of rotatable bonds is 2. The molecule has 0 bridgehead atoms. The number of pyridine rings is 1. The second kappa shape index (κ2) is 4.47. The van der Waals surface area contributed by atoms with Crippen LogP contribution in [0.2, 0.25) is 0 Å². The second-order valence-electron chi connectivity index (χ2n) is 4.55. The van der Waals surface area contributed by atoms with E-state index >= 15 is 0 Å². The molecule has 0 unspecified atom stereocenters. The Morgan fingerprint density at radius 1 is 1.50 bits per heavy atom. The fraction of sp³-hybridized carbons (Fsp3) is 0.583. The molecule has 1 heterocycles. The first-order valence-corrected chi connectivity index (χ1v) is 5.67. The van der Waals surface area contributed by atoms with Crippen molar-refractivity contribution in [1.82, 2.24) is 4.98 Å². The van der Waals surface area contributed by atoms with E-state index < -0.39 is 0 Å². The fourth-order valence-corrected chi connectivity index (χ4v) is 2.47. The van der Waals surface area contributed by atoms with Gasteiger partial charge in [0, 0.05) is 18.2 Å². The van der Waals surface area contributed by atoms with E-state index in [1.54, 1.807) is 12.3 Å². The predicted molar refractivity (Wildman–Crippen MR) is 59.4 cm³/mol. The number of aliphatic hydroxyl groups is 1. The Hall–Kier alpha value is -1.00. The molecule has 0 amide bonds. The molecule has 0 atom stereocenters. The van der Waals surface area contributed by atoms with Gasteiger partial charge in [-0.15, -0.1) is 0 Å². The molecule has 1 aromatic rings. The quantitative estimate of drug-likeness (QED) is 0.797. The third-order valence-corrected chi connectivity index (χ3v) is 3.56. The first-order valence-electron chi connectivity index (χ1n) is 5.67. The van der Waals surface area contributed by atoms with Crippen LogP contribution in [0.25, 0.3) is 0 Å². The van der Waals surface area contributed by atoms with Gasteiger partial charge in [0.15, 0.2) is 0 Å². The molecule has 1 aromatic heterocycles. The number of hydrogen-bond acceptors (Lipinski definition) is 3. The summed E-state index contributed by atoms with van der Waals surface area (Å²) in [6, 6.07) is 3.01. The lowest BCUT2D eigenvalue weighted by Gasteiger charge is -2.37. The van der Waals surface area contributed by atoms with Crippen LogP contribution < -0.4 is 5.73 Å². The van der Waals surface area contributed by atoms with Crippen LogP contribution in [0.3, 0.4) is 0 Å². The van der Waals surface area contributed by atoms with Crippen molar-refractivity contribution in [2.75, 3.05) is 6.54 Å². The van der Waals surface area contributed by atoms with Crippen molar-refractivity contribution in [3.05, 3.63) is 29.8 Å². The van der Waals surface area contributed by atoms with E-state index in [4.69, 9.17) is 5.73 Å². The Kier molecular flexibility index (Phi) is 3.21. The third-order valence-electron chi connectivity index (χ3n) is 3.56. The van der Waals surface area contributed by atoms with Gasteiger partial charge in [-0.3, -0.25) is 4.98 Å². The van der Waals surface area contributed by atoms with Gasteiger partial charge in [0.1, 0.15) is 5.82 Å². The van der Waals surface area contributed by atoms with Gasteiger partial charge in [0.2, 0.25) is 0 Å². The topological polar surface area (TPSA) is 59.1 Å². The highest BCUT2D eigenvalue weighted by Gasteiger charge is 2.38. The smallest absolute Gasteiger partial charge is 0.145 e. The predicted octanol–water partition coefficient (Wildman–Crippen LogP) is 1.35. The minimum absolute atomic E-state index is 0.272. The Balaban J connectivity index is 2.32. The van der Waals surface area contributed by atoms with E-state index in [-0.39, 0.29) is 17.3 Å². The summed E-state index contributed by atoms with van der Waals surface area (Å²) in [5, 5.41) is 9.50. The largest absolute Gasteiger partial charge is 0.393 e. The number of hydrogen-bond donors (Lipinski definition) is 2. The van der Waals surface area contributed by atoms with E-state index in [2.05, 4.69) is 4.98 Å². The zero-order valence-electron chi connectivity index (χ0n) is 9.19. The van der Waals surface area contributed by atoms with E-state index in [0.29, 0.717) is 37.9 Å². The number of aliphatic hydroxyl groups excluding tert-OH is 1. The van der Waals surface area contributed by atoms with Gasteiger partial charge in [0.05, 0.1) is 11.8 Å². The third kappa shape index (κ3) is 1.95. The minimum Gasteiger partial charge on any atom is -0.393 e. The molecule has 0 radical (unpaired) electrons. The molecular formula is C12H17FN2O. The van der Waals surface area contributed by atoms with Crippen LogP contribution in [0.5, 0.6) is 0 Å². The zero-order chi connectivity index (χ0) is 11.6. The van der Waals surface area contributed by atoms with Crippen molar-refractivity contribution in [2.45, 2.75) is 37.2 Å². The fourth-order valence-electron chi connectivity index (χ4n) is 2.47. The summed E-state index contributed by atoms with van der Waals surface area (Å²) in [7, 11) is 0. The monoisotopic (exact) mass is 224 g/mol. The van der Waals surface area contributed by atoms with Crippen molar-refractivity contribution in [1.29, 1.82) is 0 Å². The molecular weight excluding hydrogens is 207 g/mol. The number of nitrogens with zero attached hydrogens (tertiary/aromatic N) is 1.